The molecule has 5 aromatic carbocycles. The predicted molar refractivity (Wildman–Crippen MR) is 144 cm³/mol. The normalized spacial score (nSPS) is 12.7. The highest BCUT2D eigenvalue weighted by molar-refractivity contribution is 7.86. The molecule has 5 rings (SSSR count). The minimum Gasteiger partial charge on any atom is -0.451 e. The summed E-state index contributed by atoms with van der Waals surface area (Å²) in [6, 6.07) is 29.0. The maximum atomic E-state index is 12.9. The Kier molecular flexibility index (Phi) is 7.02. The van der Waals surface area contributed by atoms with E-state index in [9.17, 15) is 20.7 Å². The van der Waals surface area contributed by atoms with Gasteiger partial charge in [-0.05, 0) is 64.7 Å². The summed E-state index contributed by atoms with van der Waals surface area (Å²) in [5.74, 6) is 0.552. The van der Waals surface area contributed by atoms with Gasteiger partial charge >= 0.3 is 20.6 Å². The van der Waals surface area contributed by atoms with Crippen molar-refractivity contribution in [2.24, 2.45) is 0 Å². The lowest BCUT2D eigenvalue weighted by molar-refractivity contribution is 0.00501. The van der Waals surface area contributed by atoms with Crippen LogP contribution in [-0.4, -0.2) is 23.1 Å². The topological polar surface area (TPSA) is 105 Å². The van der Waals surface area contributed by atoms with E-state index in [1.165, 1.54) is 36.4 Å². The number of hydrogen-bond acceptors (Lipinski definition) is 8. The smallest absolute Gasteiger partial charge is 0.451 e. The Hall–Kier alpha value is -4.35. The lowest BCUT2D eigenvalue weighted by Gasteiger charge is -2.23. The molecule has 0 amide bonds. The summed E-state index contributed by atoms with van der Waals surface area (Å²) < 4.78 is 79.0. The Morgan fingerprint density at radius 3 is 1.69 bits per heavy atom. The van der Waals surface area contributed by atoms with E-state index in [1.54, 1.807) is 12.1 Å². The molecule has 1 atom stereocenters. The van der Waals surface area contributed by atoms with Gasteiger partial charge in [-0.3, -0.25) is 0 Å². The average Bonchev–Trinajstić information content (AvgIpc) is 2.88. The first-order valence-electron chi connectivity index (χ1n) is 11.5. The van der Waals surface area contributed by atoms with Crippen molar-refractivity contribution in [3.05, 3.63) is 109 Å². The molecule has 0 radical (unpaired) electrons. The van der Waals surface area contributed by atoms with Crippen LogP contribution in [0.2, 0.25) is 0 Å². The van der Waals surface area contributed by atoms with Crippen LogP contribution >= 0.6 is 0 Å². The van der Waals surface area contributed by atoms with Gasteiger partial charge in [-0.15, -0.1) is 0 Å². The predicted octanol–water partition coefficient (Wildman–Crippen LogP) is 6.08. The van der Waals surface area contributed by atoms with Crippen molar-refractivity contribution in [3.63, 3.8) is 0 Å². The van der Waals surface area contributed by atoms with Crippen LogP contribution in [0, 0.1) is 0 Å². The summed E-state index contributed by atoms with van der Waals surface area (Å²) >= 11 is 0. The molecular formula is C28H21FO8S2. The van der Waals surface area contributed by atoms with Crippen molar-refractivity contribution in [2.45, 2.75) is 6.29 Å². The molecular weight excluding hydrogens is 547 g/mol. The van der Waals surface area contributed by atoms with E-state index in [4.69, 9.17) is 13.7 Å². The SMILES string of the molecule is CS(=O)(=O)Oc1ccc(OC(Oc2ccc(OS(=O)(=O)F)cc2)c2cccc3ccc4ccccc4c23)cc1. The third kappa shape index (κ3) is 6.57. The zero-order valence-corrected chi connectivity index (χ0v) is 22.0. The van der Waals surface area contributed by atoms with Crippen LogP contribution in [0.5, 0.6) is 23.0 Å². The molecule has 0 aliphatic heterocycles. The fourth-order valence-electron chi connectivity index (χ4n) is 4.12. The van der Waals surface area contributed by atoms with Crippen LogP contribution in [0.25, 0.3) is 21.5 Å². The molecule has 0 aliphatic carbocycles. The van der Waals surface area contributed by atoms with E-state index in [1.807, 2.05) is 54.6 Å². The van der Waals surface area contributed by atoms with Crippen LogP contribution in [0.1, 0.15) is 11.9 Å². The van der Waals surface area contributed by atoms with Crippen LogP contribution in [0.15, 0.2) is 103 Å². The summed E-state index contributed by atoms with van der Waals surface area (Å²) in [5.41, 5.74) is 0.701. The molecule has 0 saturated heterocycles. The first-order valence-corrected chi connectivity index (χ1v) is 14.6. The largest absolute Gasteiger partial charge is 0.488 e. The molecule has 5 aromatic rings. The third-order valence-corrected chi connectivity index (χ3v) is 6.52. The number of halogens is 1. The highest BCUT2D eigenvalue weighted by atomic mass is 32.3. The number of fused-ring (bicyclic) bond motifs is 3. The van der Waals surface area contributed by atoms with Gasteiger partial charge in [-0.1, -0.05) is 58.5 Å². The summed E-state index contributed by atoms with van der Waals surface area (Å²) in [4.78, 5) is 0. The lowest BCUT2D eigenvalue weighted by Crippen LogP contribution is -2.16. The zero-order chi connectivity index (χ0) is 27.6. The second-order valence-electron chi connectivity index (χ2n) is 8.51. The van der Waals surface area contributed by atoms with E-state index in [0.717, 1.165) is 27.8 Å². The van der Waals surface area contributed by atoms with Gasteiger partial charge in [0.25, 0.3) is 6.29 Å². The Bertz CT molecular complexity index is 1780. The first kappa shape index (κ1) is 26.3. The molecule has 200 valence electrons. The van der Waals surface area contributed by atoms with Crippen molar-refractivity contribution in [1.82, 2.24) is 0 Å². The number of hydrogen-bond donors (Lipinski definition) is 0. The molecule has 39 heavy (non-hydrogen) atoms. The summed E-state index contributed by atoms with van der Waals surface area (Å²) in [6.45, 7) is 0. The fourth-order valence-corrected chi connectivity index (χ4v) is 4.92. The van der Waals surface area contributed by atoms with E-state index >= 15 is 0 Å². The van der Waals surface area contributed by atoms with E-state index in [0.29, 0.717) is 11.3 Å². The second-order valence-corrected chi connectivity index (χ2v) is 11.0. The number of rotatable bonds is 9. The van der Waals surface area contributed by atoms with Crippen molar-refractivity contribution >= 4 is 42.2 Å². The Morgan fingerprint density at radius 2 is 1.10 bits per heavy atom. The zero-order valence-electron chi connectivity index (χ0n) is 20.4. The molecule has 1 unspecified atom stereocenters. The van der Waals surface area contributed by atoms with Crippen LogP contribution in [-0.2, 0) is 20.6 Å². The van der Waals surface area contributed by atoms with Crippen molar-refractivity contribution in [1.29, 1.82) is 0 Å². The molecule has 0 saturated carbocycles. The van der Waals surface area contributed by atoms with Crippen molar-refractivity contribution < 1.29 is 38.6 Å². The second kappa shape index (κ2) is 10.4. The van der Waals surface area contributed by atoms with Crippen LogP contribution < -0.4 is 17.8 Å². The number of benzene rings is 5. The Balaban J connectivity index is 1.55. The van der Waals surface area contributed by atoms with Crippen LogP contribution in [0.4, 0.5) is 3.89 Å². The molecule has 8 nitrogen and oxygen atoms in total. The Morgan fingerprint density at radius 1 is 0.590 bits per heavy atom. The average molecular weight is 569 g/mol. The van der Waals surface area contributed by atoms with Gasteiger partial charge in [-0.25, -0.2) is 0 Å². The molecule has 0 heterocycles. The van der Waals surface area contributed by atoms with E-state index < -0.39 is 26.9 Å². The summed E-state index contributed by atoms with van der Waals surface area (Å²) in [7, 11) is -8.86. The summed E-state index contributed by atoms with van der Waals surface area (Å²) in [6.07, 6.45) is -0.0522. The molecule has 0 fully saturated rings. The third-order valence-electron chi connectivity index (χ3n) is 5.63. The highest BCUT2D eigenvalue weighted by Crippen LogP contribution is 2.35. The molecule has 0 spiro atoms. The summed E-state index contributed by atoms with van der Waals surface area (Å²) in [5, 5.41) is 3.86. The van der Waals surface area contributed by atoms with Gasteiger partial charge in [0.1, 0.15) is 23.0 Å². The van der Waals surface area contributed by atoms with Gasteiger partial charge in [0.05, 0.1) is 6.26 Å². The molecule has 11 heteroatoms. The maximum Gasteiger partial charge on any atom is 0.488 e. The molecule has 0 aromatic heterocycles. The monoisotopic (exact) mass is 568 g/mol. The number of ether oxygens (including phenoxy) is 2. The quantitative estimate of drug-likeness (QED) is 0.0912. The van der Waals surface area contributed by atoms with E-state index in [2.05, 4.69) is 4.18 Å². The fraction of sp³-hybridized carbons (Fsp3) is 0.0714. The maximum absolute atomic E-state index is 12.9. The van der Waals surface area contributed by atoms with Gasteiger partial charge in [0.15, 0.2) is 0 Å². The van der Waals surface area contributed by atoms with Crippen molar-refractivity contribution in [2.75, 3.05) is 6.26 Å². The highest BCUT2D eigenvalue weighted by Gasteiger charge is 2.21. The van der Waals surface area contributed by atoms with E-state index in [-0.39, 0.29) is 17.2 Å². The standard InChI is InChI=1S/C28H21FO8S2/c1-38(30,31)36-23-15-11-21(12-16-23)34-28(35-22-13-17-24(18-14-22)37-39(29,32)33)26-8-4-6-20-10-9-19-5-2-3-7-25(19)27(20)26/h2-18,28H,1H3. The minimum atomic E-state index is -5.17. The lowest BCUT2D eigenvalue weighted by atomic mass is 9.97. The molecule has 0 N–H and O–H groups in total. The van der Waals surface area contributed by atoms with Crippen molar-refractivity contribution in [3.8, 4) is 23.0 Å². The Labute approximate surface area is 224 Å². The van der Waals surface area contributed by atoms with Gasteiger partial charge in [0, 0.05) is 10.9 Å². The minimum absolute atomic E-state index is 0.122. The van der Waals surface area contributed by atoms with Gasteiger partial charge < -0.3 is 17.8 Å². The molecule has 0 bridgehead atoms. The van der Waals surface area contributed by atoms with Crippen LogP contribution in [0.3, 0.4) is 0 Å². The molecule has 0 aliphatic rings. The van der Waals surface area contributed by atoms with Gasteiger partial charge in [0.2, 0.25) is 0 Å². The first-order chi connectivity index (χ1) is 18.5. The van der Waals surface area contributed by atoms with Gasteiger partial charge in [-0.2, -0.15) is 16.8 Å².